The summed E-state index contributed by atoms with van der Waals surface area (Å²) >= 11 is 0. The maximum Gasteiger partial charge on any atom is 0.422 e. The number of nitrogens with zero attached hydrogens (tertiary/aromatic N) is 2. The number of pyridine rings is 1. The van der Waals surface area contributed by atoms with E-state index in [0.717, 1.165) is 17.7 Å². The molecule has 1 aromatic heterocycles. The molecule has 3 rings (SSSR count). The van der Waals surface area contributed by atoms with Gasteiger partial charge in [0.25, 0.3) is 0 Å². The molecule has 0 saturated heterocycles. The van der Waals surface area contributed by atoms with E-state index in [-0.39, 0.29) is 36.0 Å². The second kappa shape index (κ2) is 11.2. The second-order valence-corrected chi connectivity index (χ2v) is 6.54. The average Bonchev–Trinajstić information content (AvgIpc) is 3.12. The minimum absolute atomic E-state index is 0. The van der Waals surface area contributed by atoms with Gasteiger partial charge < -0.3 is 20.1 Å². The highest BCUT2D eigenvalue weighted by molar-refractivity contribution is 14.0. The zero-order chi connectivity index (χ0) is 20.7. The first-order valence-corrected chi connectivity index (χ1v) is 9.34. The van der Waals surface area contributed by atoms with E-state index in [2.05, 4.69) is 31.4 Å². The highest BCUT2D eigenvalue weighted by Crippen LogP contribution is 2.27. The summed E-state index contributed by atoms with van der Waals surface area (Å²) < 4.78 is 47.0. The van der Waals surface area contributed by atoms with Crippen LogP contribution in [0, 0.1) is 0 Å². The predicted octanol–water partition coefficient (Wildman–Crippen LogP) is 3.70. The smallest absolute Gasteiger partial charge is 0.422 e. The van der Waals surface area contributed by atoms with Crippen LogP contribution in [0.3, 0.4) is 0 Å². The fraction of sp³-hybridized carbons (Fsp3) is 0.400. The fourth-order valence-electron chi connectivity index (χ4n) is 2.84. The van der Waals surface area contributed by atoms with E-state index < -0.39 is 12.8 Å². The quantitative estimate of drug-likeness (QED) is 0.321. The van der Waals surface area contributed by atoms with Gasteiger partial charge in [-0.3, -0.25) is 0 Å². The van der Waals surface area contributed by atoms with Crippen LogP contribution in [0.4, 0.5) is 13.2 Å². The lowest BCUT2D eigenvalue weighted by Crippen LogP contribution is -2.42. The molecule has 30 heavy (non-hydrogen) atoms. The Morgan fingerprint density at radius 3 is 2.70 bits per heavy atom. The Hall–Kier alpha value is -2.24. The number of aliphatic imine (C=N–C) groups is 1. The van der Waals surface area contributed by atoms with Crippen molar-refractivity contribution in [2.75, 3.05) is 19.7 Å². The summed E-state index contributed by atoms with van der Waals surface area (Å²) in [6, 6.07) is 11.0. The Labute approximate surface area is 190 Å². The third-order valence-corrected chi connectivity index (χ3v) is 4.16. The zero-order valence-electron chi connectivity index (χ0n) is 16.4. The number of nitrogens with one attached hydrogen (secondary N) is 2. The second-order valence-electron chi connectivity index (χ2n) is 6.54. The van der Waals surface area contributed by atoms with Crippen LogP contribution < -0.4 is 20.1 Å². The molecule has 6 nitrogen and oxygen atoms in total. The number of guanidine groups is 1. The summed E-state index contributed by atoms with van der Waals surface area (Å²) in [5.41, 5.74) is 1.95. The van der Waals surface area contributed by atoms with Crippen LogP contribution in [0.15, 0.2) is 47.6 Å². The number of benzene rings is 1. The lowest BCUT2D eigenvalue weighted by atomic mass is 10.1. The van der Waals surface area contributed by atoms with E-state index in [1.54, 1.807) is 6.07 Å². The van der Waals surface area contributed by atoms with Crippen molar-refractivity contribution in [1.29, 1.82) is 0 Å². The minimum Gasteiger partial charge on any atom is -0.488 e. The Morgan fingerprint density at radius 2 is 2.03 bits per heavy atom. The number of alkyl halides is 3. The number of hydrogen-bond donors (Lipinski definition) is 2. The van der Waals surface area contributed by atoms with Gasteiger partial charge in [0.1, 0.15) is 11.9 Å². The molecular formula is C20H24F3IN4O2. The van der Waals surface area contributed by atoms with E-state index in [4.69, 9.17) is 4.74 Å². The van der Waals surface area contributed by atoms with E-state index in [1.807, 2.05) is 25.1 Å². The lowest BCUT2D eigenvalue weighted by Gasteiger charge is -2.15. The highest BCUT2D eigenvalue weighted by Gasteiger charge is 2.28. The Bertz CT molecular complexity index is 807. The number of rotatable bonds is 7. The zero-order valence-corrected chi connectivity index (χ0v) is 18.7. The fourth-order valence-corrected chi connectivity index (χ4v) is 2.84. The van der Waals surface area contributed by atoms with Gasteiger partial charge >= 0.3 is 6.18 Å². The molecular weight excluding hydrogens is 512 g/mol. The van der Waals surface area contributed by atoms with Crippen LogP contribution in [0.1, 0.15) is 18.1 Å². The number of para-hydroxylation sites is 1. The third kappa shape index (κ3) is 7.54. The molecule has 1 aliphatic heterocycles. The lowest BCUT2D eigenvalue weighted by molar-refractivity contribution is -0.154. The molecule has 1 unspecified atom stereocenters. The van der Waals surface area contributed by atoms with E-state index in [1.165, 1.54) is 17.8 Å². The average molecular weight is 536 g/mol. The molecule has 2 aromatic rings. The van der Waals surface area contributed by atoms with Crippen molar-refractivity contribution >= 4 is 29.9 Å². The van der Waals surface area contributed by atoms with Gasteiger partial charge in [-0.2, -0.15) is 13.2 Å². The Balaban J connectivity index is 0.00000320. The van der Waals surface area contributed by atoms with E-state index >= 15 is 0 Å². The van der Waals surface area contributed by atoms with Crippen molar-refractivity contribution in [3.8, 4) is 11.6 Å². The molecule has 0 radical (unpaired) electrons. The van der Waals surface area contributed by atoms with Crippen molar-refractivity contribution in [1.82, 2.24) is 15.6 Å². The van der Waals surface area contributed by atoms with Crippen LogP contribution in [-0.2, 0) is 13.0 Å². The molecule has 0 aliphatic carbocycles. The van der Waals surface area contributed by atoms with Crippen molar-refractivity contribution < 1.29 is 22.6 Å². The SMILES string of the molecule is CCNC(=NCc1ccc(OCC(F)(F)F)nc1)NCC1Cc2ccccc2O1.I. The summed E-state index contributed by atoms with van der Waals surface area (Å²) in [6.45, 7) is 2.23. The van der Waals surface area contributed by atoms with Crippen LogP contribution in [-0.4, -0.2) is 42.9 Å². The number of ether oxygens (including phenoxy) is 2. The summed E-state index contributed by atoms with van der Waals surface area (Å²) in [5, 5.41) is 6.42. The molecule has 0 bridgehead atoms. The molecule has 10 heteroatoms. The highest BCUT2D eigenvalue weighted by atomic mass is 127. The number of fused-ring (bicyclic) bond motifs is 1. The predicted molar refractivity (Wildman–Crippen MR) is 119 cm³/mol. The van der Waals surface area contributed by atoms with Crippen LogP contribution in [0.2, 0.25) is 0 Å². The first kappa shape index (κ1) is 24.0. The van der Waals surface area contributed by atoms with Crippen LogP contribution in [0.5, 0.6) is 11.6 Å². The minimum atomic E-state index is -4.39. The van der Waals surface area contributed by atoms with Gasteiger partial charge in [0.2, 0.25) is 5.88 Å². The van der Waals surface area contributed by atoms with Crippen molar-refractivity contribution in [2.24, 2.45) is 4.99 Å². The molecule has 1 aliphatic rings. The molecule has 2 N–H and O–H groups in total. The van der Waals surface area contributed by atoms with Crippen molar-refractivity contribution in [3.63, 3.8) is 0 Å². The maximum absolute atomic E-state index is 12.2. The van der Waals surface area contributed by atoms with Gasteiger partial charge in [-0.05, 0) is 24.1 Å². The maximum atomic E-state index is 12.2. The van der Waals surface area contributed by atoms with E-state index in [0.29, 0.717) is 25.6 Å². The molecule has 1 aromatic carbocycles. The van der Waals surface area contributed by atoms with Gasteiger partial charge in [-0.1, -0.05) is 24.3 Å². The summed E-state index contributed by atoms with van der Waals surface area (Å²) in [4.78, 5) is 8.37. The summed E-state index contributed by atoms with van der Waals surface area (Å²) in [6.07, 6.45) is -2.06. The molecule has 164 valence electrons. The first-order valence-electron chi connectivity index (χ1n) is 9.34. The van der Waals surface area contributed by atoms with Crippen LogP contribution in [0.25, 0.3) is 0 Å². The normalized spacial score (nSPS) is 15.6. The number of aromatic nitrogens is 1. The molecule has 2 heterocycles. The monoisotopic (exact) mass is 536 g/mol. The first-order chi connectivity index (χ1) is 13.9. The summed E-state index contributed by atoms with van der Waals surface area (Å²) in [7, 11) is 0. The van der Waals surface area contributed by atoms with Gasteiger partial charge in [-0.15, -0.1) is 24.0 Å². The van der Waals surface area contributed by atoms with Gasteiger partial charge in [0.05, 0.1) is 13.1 Å². The number of halogens is 4. The molecule has 0 fully saturated rings. The van der Waals surface area contributed by atoms with Crippen molar-refractivity contribution in [3.05, 3.63) is 53.7 Å². The van der Waals surface area contributed by atoms with Gasteiger partial charge in [0.15, 0.2) is 12.6 Å². The Kier molecular flexibility index (Phi) is 9.00. The summed E-state index contributed by atoms with van der Waals surface area (Å²) in [5.74, 6) is 1.47. The molecule has 0 spiro atoms. The Morgan fingerprint density at radius 1 is 1.23 bits per heavy atom. The van der Waals surface area contributed by atoms with E-state index in [9.17, 15) is 13.2 Å². The molecule has 0 saturated carbocycles. The number of hydrogen-bond acceptors (Lipinski definition) is 4. The van der Waals surface area contributed by atoms with Gasteiger partial charge in [0, 0.05) is 25.2 Å². The topological polar surface area (TPSA) is 67.8 Å². The van der Waals surface area contributed by atoms with Gasteiger partial charge in [-0.25, -0.2) is 9.98 Å². The van der Waals surface area contributed by atoms with Crippen LogP contribution >= 0.6 is 24.0 Å². The van der Waals surface area contributed by atoms with Crippen molar-refractivity contribution in [2.45, 2.75) is 32.2 Å². The molecule has 1 atom stereocenters. The molecule has 0 amide bonds. The third-order valence-electron chi connectivity index (χ3n) is 4.16. The standard InChI is InChI=1S/C20H23F3N4O2.HI/c1-2-24-19(27-12-16-9-15-5-3-4-6-17(15)29-16)26-11-14-7-8-18(25-10-14)28-13-20(21,22)23;/h3-8,10,16H,2,9,11-13H2,1H3,(H2,24,26,27);1H. The largest absolute Gasteiger partial charge is 0.488 e.